The summed E-state index contributed by atoms with van der Waals surface area (Å²) in [5, 5.41) is 2.67. The van der Waals surface area contributed by atoms with Crippen LogP contribution >= 0.6 is 0 Å². The molecule has 1 N–H and O–H groups in total. The normalized spacial score (nSPS) is 26.8. The summed E-state index contributed by atoms with van der Waals surface area (Å²) in [6.07, 6.45) is -5.31. The number of halogens is 6. The topological polar surface area (TPSA) is 58.6 Å². The molecular weight excluding hydrogens is 418 g/mol. The fourth-order valence-corrected chi connectivity index (χ4v) is 4.36. The number of carbonyl (C=O) groups excluding carboxylic acids is 2. The predicted octanol–water partition coefficient (Wildman–Crippen LogP) is 3.67. The van der Waals surface area contributed by atoms with E-state index in [0.29, 0.717) is 25.0 Å². The van der Waals surface area contributed by atoms with Gasteiger partial charge in [-0.1, -0.05) is 6.07 Å². The number of rotatable bonds is 4. The Hall–Kier alpha value is -2.46. The van der Waals surface area contributed by atoms with E-state index in [1.54, 1.807) is 0 Å². The van der Waals surface area contributed by atoms with Crippen molar-refractivity contribution in [3.8, 4) is 0 Å². The summed E-state index contributed by atoms with van der Waals surface area (Å²) in [7, 11) is 0. The second-order valence-electron chi connectivity index (χ2n) is 8.30. The highest BCUT2D eigenvalue weighted by Crippen LogP contribution is 2.44. The first-order chi connectivity index (χ1) is 13.9. The van der Waals surface area contributed by atoms with E-state index in [9.17, 15) is 35.9 Å². The molecule has 1 aliphatic carbocycles. The number of ether oxygens (including phenoxy) is 1. The molecule has 2 amide bonds. The molecule has 0 unspecified atom stereocenters. The molecule has 11 heteroatoms. The summed E-state index contributed by atoms with van der Waals surface area (Å²) in [6.45, 7) is 0.405. The van der Waals surface area contributed by atoms with E-state index in [0.717, 1.165) is 0 Å². The van der Waals surface area contributed by atoms with Gasteiger partial charge in [-0.3, -0.25) is 4.79 Å². The molecule has 5 nitrogen and oxygen atoms in total. The molecule has 2 heterocycles. The van der Waals surface area contributed by atoms with Crippen LogP contribution in [0.4, 0.5) is 31.1 Å². The van der Waals surface area contributed by atoms with Crippen LogP contribution in [-0.2, 0) is 21.6 Å². The van der Waals surface area contributed by atoms with Gasteiger partial charge in [-0.15, -0.1) is 0 Å². The summed E-state index contributed by atoms with van der Waals surface area (Å²) in [6, 6.07) is 1.11. The molecule has 0 radical (unpaired) electrons. The Morgan fingerprint density at radius 3 is 2.40 bits per heavy atom. The van der Waals surface area contributed by atoms with Crippen molar-refractivity contribution in [2.45, 2.75) is 36.9 Å². The standard InChI is InChI=1S/C19H18F6N2O3/c20-14-3-12(1-2-13(14)19(23,24)25)18(21,22)4-10-7-27(8-10)15(28)11-5-17(6-11)9-30-16(29)26-17/h1-3,10-11H,4-9H2,(H,26,29)/t11-,17+. The first-order valence-corrected chi connectivity index (χ1v) is 9.37. The highest BCUT2D eigenvalue weighted by atomic mass is 19.4. The minimum absolute atomic E-state index is 0.101. The number of nitrogens with zero attached hydrogens (tertiary/aromatic N) is 1. The Morgan fingerprint density at radius 1 is 1.20 bits per heavy atom. The lowest BCUT2D eigenvalue weighted by atomic mass is 9.68. The maximum absolute atomic E-state index is 14.4. The fourth-order valence-electron chi connectivity index (χ4n) is 4.36. The third-order valence-corrected chi connectivity index (χ3v) is 5.98. The molecule has 164 valence electrons. The number of nitrogens with one attached hydrogen (secondary N) is 1. The lowest BCUT2D eigenvalue weighted by molar-refractivity contribution is -0.150. The molecule has 0 aromatic heterocycles. The zero-order chi connectivity index (χ0) is 21.9. The maximum Gasteiger partial charge on any atom is 0.419 e. The Labute approximate surface area is 167 Å². The number of alkyl halides is 5. The first kappa shape index (κ1) is 20.8. The highest BCUT2D eigenvalue weighted by Gasteiger charge is 2.54. The predicted molar refractivity (Wildman–Crippen MR) is 89.9 cm³/mol. The van der Waals surface area contributed by atoms with Crippen molar-refractivity contribution < 1.29 is 40.7 Å². The molecule has 30 heavy (non-hydrogen) atoms. The van der Waals surface area contributed by atoms with Crippen LogP contribution in [0, 0.1) is 17.7 Å². The third-order valence-electron chi connectivity index (χ3n) is 5.98. The quantitative estimate of drug-likeness (QED) is 0.733. The number of carbonyl (C=O) groups is 2. The lowest BCUT2D eigenvalue weighted by Crippen LogP contribution is -2.61. The number of hydrogen-bond donors (Lipinski definition) is 1. The third kappa shape index (κ3) is 3.69. The Balaban J connectivity index is 1.30. The number of alkyl carbamates (subject to hydrolysis) is 1. The average molecular weight is 436 g/mol. The van der Waals surface area contributed by atoms with Crippen LogP contribution < -0.4 is 5.32 Å². The number of likely N-dealkylation sites (tertiary alicyclic amines) is 1. The van der Waals surface area contributed by atoms with Gasteiger partial charge < -0.3 is 15.0 Å². The molecule has 2 saturated heterocycles. The van der Waals surface area contributed by atoms with Crippen molar-refractivity contribution in [1.29, 1.82) is 0 Å². The monoisotopic (exact) mass is 436 g/mol. The first-order valence-electron chi connectivity index (χ1n) is 9.37. The maximum atomic E-state index is 14.4. The van der Waals surface area contributed by atoms with Crippen LogP contribution in [0.1, 0.15) is 30.4 Å². The van der Waals surface area contributed by atoms with E-state index in [1.807, 2.05) is 0 Å². The molecule has 2 aliphatic heterocycles. The van der Waals surface area contributed by atoms with Gasteiger partial charge in [0, 0.05) is 36.9 Å². The molecule has 4 rings (SSSR count). The van der Waals surface area contributed by atoms with Crippen LogP contribution in [0.2, 0.25) is 0 Å². The van der Waals surface area contributed by atoms with Gasteiger partial charge in [0.15, 0.2) is 0 Å². The van der Waals surface area contributed by atoms with E-state index in [2.05, 4.69) is 5.32 Å². The van der Waals surface area contributed by atoms with Crippen molar-refractivity contribution in [3.05, 3.63) is 35.1 Å². The Morgan fingerprint density at radius 2 is 1.87 bits per heavy atom. The van der Waals surface area contributed by atoms with Crippen molar-refractivity contribution in [2.75, 3.05) is 19.7 Å². The van der Waals surface area contributed by atoms with Gasteiger partial charge >= 0.3 is 12.3 Å². The largest absolute Gasteiger partial charge is 0.447 e. The van der Waals surface area contributed by atoms with Crippen molar-refractivity contribution >= 4 is 12.0 Å². The smallest absolute Gasteiger partial charge is 0.419 e. The number of benzene rings is 1. The molecule has 1 aromatic rings. The zero-order valence-corrected chi connectivity index (χ0v) is 15.6. The van der Waals surface area contributed by atoms with Gasteiger partial charge in [-0.2, -0.15) is 13.2 Å². The van der Waals surface area contributed by atoms with E-state index in [-0.39, 0.29) is 37.6 Å². The summed E-state index contributed by atoms with van der Waals surface area (Å²) in [5.74, 6) is -6.29. The number of cyclic esters (lactones) is 1. The van der Waals surface area contributed by atoms with E-state index >= 15 is 0 Å². The number of amides is 2. The summed E-state index contributed by atoms with van der Waals surface area (Å²) in [5.41, 5.74) is -2.93. The van der Waals surface area contributed by atoms with E-state index in [4.69, 9.17) is 4.74 Å². The molecule has 1 aromatic carbocycles. The SMILES string of the molecule is O=C1N[C@]2(CO1)C[C@H](C(=O)N1CC(CC(F)(F)c3ccc(C(F)(F)F)c(F)c3)C1)C2. The average Bonchev–Trinajstić information content (AvgIpc) is 2.97. The van der Waals surface area contributed by atoms with Gasteiger partial charge in [0.2, 0.25) is 5.91 Å². The Bertz CT molecular complexity index is 876. The van der Waals surface area contributed by atoms with Crippen molar-refractivity contribution in [1.82, 2.24) is 10.2 Å². The summed E-state index contributed by atoms with van der Waals surface area (Å²) < 4.78 is 85.1. The molecule has 1 spiro atoms. The Kier molecular flexibility index (Phi) is 4.70. The van der Waals surface area contributed by atoms with Crippen molar-refractivity contribution in [3.63, 3.8) is 0 Å². The highest BCUT2D eigenvalue weighted by molar-refractivity contribution is 5.82. The fraction of sp³-hybridized carbons (Fsp3) is 0.579. The minimum Gasteiger partial charge on any atom is -0.447 e. The van der Waals surface area contributed by atoms with Gasteiger partial charge in [-0.25, -0.2) is 18.0 Å². The van der Waals surface area contributed by atoms with Gasteiger partial charge in [0.25, 0.3) is 5.92 Å². The molecule has 0 atom stereocenters. The lowest BCUT2D eigenvalue weighted by Gasteiger charge is -2.48. The zero-order valence-electron chi connectivity index (χ0n) is 15.6. The number of hydrogen-bond acceptors (Lipinski definition) is 3. The van der Waals surface area contributed by atoms with Crippen LogP contribution in [0.15, 0.2) is 18.2 Å². The van der Waals surface area contributed by atoms with Crippen LogP contribution in [0.5, 0.6) is 0 Å². The van der Waals surface area contributed by atoms with Crippen molar-refractivity contribution in [2.24, 2.45) is 11.8 Å². The van der Waals surface area contributed by atoms with Gasteiger partial charge in [0.1, 0.15) is 12.4 Å². The van der Waals surface area contributed by atoms with E-state index in [1.165, 1.54) is 4.90 Å². The second-order valence-corrected chi connectivity index (χ2v) is 8.30. The molecule has 3 aliphatic rings. The summed E-state index contributed by atoms with van der Waals surface area (Å²) >= 11 is 0. The van der Waals surface area contributed by atoms with Crippen LogP contribution in [0.25, 0.3) is 0 Å². The molecule has 0 bridgehead atoms. The molecular formula is C19H18F6N2O3. The van der Waals surface area contributed by atoms with Crippen LogP contribution in [0.3, 0.4) is 0 Å². The van der Waals surface area contributed by atoms with Gasteiger partial charge in [0.05, 0.1) is 11.1 Å². The van der Waals surface area contributed by atoms with Crippen LogP contribution in [-0.4, -0.2) is 42.1 Å². The second kappa shape index (κ2) is 6.78. The molecule has 1 saturated carbocycles. The minimum atomic E-state index is -4.96. The molecule has 3 fully saturated rings. The summed E-state index contributed by atoms with van der Waals surface area (Å²) in [4.78, 5) is 25.0. The van der Waals surface area contributed by atoms with Gasteiger partial charge in [-0.05, 0) is 25.0 Å². The van der Waals surface area contributed by atoms with E-state index < -0.39 is 53.0 Å².